The number of primary amides is 1. The number of benzene rings is 1. The van der Waals surface area contributed by atoms with Crippen molar-refractivity contribution in [3.05, 3.63) is 29.6 Å². The minimum Gasteiger partial charge on any atom is -0.372 e. The number of hydrogen-bond acceptors (Lipinski definition) is 3. The molecule has 17 heavy (non-hydrogen) atoms. The fourth-order valence-corrected chi connectivity index (χ4v) is 1.28. The first-order chi connectivity index (χ1) is 7.90. The van der Waals surface area contributed by atoms with E-state index in [0.29, 0.717) is 0 Å². The molecule has 0 aliphatic rings. The lowest BCUT2D eigenvalue weighted by molar-refractivity contribution is -0.120. The van der Waals surface area contributed by atoms with Crippen molar-refractivity contribution in [1.29, 1.82) is 0 Å². The highest BCUT2D eigenvalue weighted by molar-refractivity contribution is 5.97. The van der Waals surface area contributed by atoms with Crippen LogP contribution < -0.4 is 16.4 Å². The van der Waals surface area contributed by atoms with Gasteiger partial charge in [0.05, 0.1) is 5.69 Å². The van der Waals surface area contributed by atoms with Gasteiger partial charge in [-0.1, -0.05) is 6.07 Å². The normalized spacial score (nSPS) is 11.7. The van der Waals surface area contributed by atoms with Crippen LogP contribution in [0.3, 0.4) is 0 Å². The average Bonchev–Trinajstić information content (AvgIpc) is 2.22. The molecule has 0 fully saturated rings. The molecular formula is C11H14FN3O2. The summed E-state index contributed by atoms with van der Waals surface area (Å²) < 4.78 is 13.4. The highest BCUT2D eigenvalue weighted by Crippen LogP contribution is 2.16. The third-order valence-electron chi connectivity index (χ3n) is 2.13. The molecule has 1 aromatic rings. The first-order valence-corrected chi connectivity index (χ1v) is 5.03. The molecule has 4 N–H and O–H groups in total. The van der Waals surface area contributed by atoms with E-state index in [-0.39, 0.29) is 5.69 Å². The maximum Gasteiger partial charge on any atom is 0.318 e. The zero-order valence-corrected chi connectivity index (χ0v) is 9.58. The Balaban J connectivity index is 2.73. The molecule has 1 atom stereocenters. The molecule has 0 radical (unpaired) electrons. The van der Waals surface area contributed by atoms with Gasteiger partial charge in [0.1, 0.15) is 11.9 Å². The number of carbonyl (C=O) groups excluding carboxylic acids is 2. The molecule has 1 unspecified atom stereocenters. The number of carbonyl (C=O) groups is 2. The van der Waals surface area contributed by atoms with Crippen LogP contribution in [0.5, 0.6) is 0 Å². The number of halogens is 1. The third kappa shape index (κ3) is 3.75. The molecule has 0 aliphatic carbocycles. The first kappa shape index (κ1) is 13.0. The number of hydrogen-bond donors (Lipinski definition) is 3. The molecule has 92 valence electrons. The molecule has 0 saturated heterocycles. The second kappa shape index (κ2) is 5.29. The summed E-state index contributed by atoms with van der Waals surface area (Å²) in [6, 6.07) is 2.79. The lowest BCUT2D eigenvalue weighted by Gasteiger charge is -2.14. The fourth-order valence-electron chi connectivity index (χ4n) is 1.28. The summed E-state index contributed by atoms with van der Waals surface area (Å²) in [6.45, 7) is 3.30. The maximum atomic E-state index is 13.4. The largest absolute Gasteiger partial charge is 0.372 e. The van der Waals surface area contributed by atoms with Crippen molar-refractivity contribution in [3.8, 4) is 0 Å². The van der Waals surface area contributed by atoms with Crippen LogP contribution in [-0.2, 0) is 4.79 Å². The number of nitrogens with two attached hydrogens (primary N) is 1. The Morgan fingerprint density at radius 2 is 2.06 bits per heavy atom. The van der Waals surface area contributed by atoms with Gasteiger partial charge in [-0.3, -0.25) is 10.1 Å². The van der Waals surface area contributed by atoms with Crippen LogP contribution >= 0.6 is 0 Å². The predicted octanol–water partition coefficient (Wildman–Crippen LogP) is 1.13. The van der Waals surface area contributed by atoms with Crippen molar-refractivity contribution in [2.75, 3.05) is 5.32 Å². The van der Waals surface area contributed by atoms with Crippen LogP contribution in [0, 0.1) is 12.7 Å². The molecule has 6 heteroatoms. The van der Waals surface area contributed by atoms with Gasteiger partial charge in [0.2, 0.25) is 5.91 Å². The van der Waals surface area contributed by atoms with Crippen LogP contribution in [0.25, 0.3) is 0 Å². The van der Waals surface area contributed by atoms with Crippen LogP contribution in [0.15, 0.2) is 18.2 Å². The Morgan fingerprint density at radius 1 is 1.41 bits per heavy atom. The van der Waals surface area contributed by atoms with Crippen molar-refractivity contribution >= 4 is 17.6 Å². The highest BCUT2D eigenvalue weighted by atomic mass is 19.1. The standard InChI is InChI=1S/C11H14FN3O2/c1-6-3-4-8(12)9(5-6)14-7(2)10(16)15-11(13)17/h3-5,7,14H,1-2H3,(H3,13,15,16,17). The molecule has 0 aromatic heterocycles. The fraction of sp³-hybridized carbons (Fsp3) is 0.273. The Labute approximate surface area is 98.2 Å². The summed E-state index contributed by atoms with van der Waals surface area (Å²) in [5, 5.41) is 4.57. The Hall–Kier alpha value is -2.11. The number of anilines is 1. The third-order valence-corrected chi connectivity index (χ3v) is 2.13. The summed E-state index contributed by atoms with van der Waals surface area (Å²) >= 11 is 0. The lowest BCUT2D eigenvalue weighted by Crippen LogP contribution is -2.43. The smallest absolute Gasteiger partial charge is 0.318 e. The van der Waals surface area contributed by atoms with E-state index >= 15 is 0 Å². The molecule has 1 rings (SSSR count). The lowest BCUT2D eigenvalue weighted by atomic mass is 10.2. The summed E-state index contributed by atoms with van der Waals surface area (Å²) in [6.07, 6.45) is 0. The number of amides is 3. The number of urea groups is 1. The van der Waals surface area contributed by atoms with Gasteiger partial charge in [0, 0.05) is 0 Å². The van der Waals surface area contributed by atoms with E-state index in [0.717, 1.165) is 5.56 Å². The predicted molar refractivity (Wildman–Crippen MR) is 61.9 cm³/mol. The molecular weight excluding hydrogens is 225 g/mol. The van der Waals surface area contributed by atoms with Crippen LogP contribution in [0.2, 0.25) is 0 Å². The summed E-state index contributed by atoms with van der Waals surface area (Å²) in [5.74, 6) is -1.08. The van der Waals surface area contributed by atoms with E-state index in [1.165, 1.54) is 13.0 Å². The zero-order valence-electron chi connectivity index (χ0n) is 9.58. The Morgan fingerprint density at radius 3 is 2.65 bits per heavy atom. The van der Waals surface area contributed by atoms with Gasteiger partial charge < -0.3 is 11.1 Å². The number of nitrogens with one attached hydrogen (secondary N) is 2. The highest BCUT2D eigenvalue weighted by Gasteiger charge is 2.15. The molecule has 5 nitrogen and oxygen atoms in total. The number of imide groups is 1. The number of rotatable bonds is 3. The van der Waals surface area contributed by atoms with Gasteiger partial charge >= 0.3 is 6.03 Å². The molecule has 0 spiro atoms. The average molecular weight is 239 g/mol. The van der Waals surface area contributed by atoms with Crippen LogP contribution in [0.4, 0.5) is 14.9 Å². The Bertz CT molecular complexity index is 448. The second-order valence-electron chi connectivity index (χ2n) is 3.70. The van der Waals surface area contributed by atoms with Crippen molar-refractivity contribution < 1.29 is 14.0 Å². The molecule has 0 aliphatic heterocycles. The van der Waals surface area contributed by atoms with Gasteiger partial charge in [-0.25, -0.2) is 9.18 Å². The monoisotopic (exact) mass is 239 g/mol. The van der Waals surface area contributed by atoms with E-state index < -0.39 is 23.8 Å². The van der Waals surface area contributed by atoms with Gasteiger partial charge in [-0.05, 0) is 31.5 Å². The molecule has 1 aromatic carbocycles. The van der Waals surface area contributed by atoms with Gasteiger partial charge in [-0.15, -0.1) is 0 Å². The van der Waals surface area contributed by atoms with Crippen LogP contribution in [-0.4, -0.2) is 18.0 Å². The quantitative estimate of drug-likeness (QED) is 0.739. The molecule has 0 saturated carbocycles. The van der Waals surface area contributed by atoms with E-state index in [4.69, 9.17) is 5.73 Å². The second-order valence-corrected chi connectivity index (χ2v) is 3.70. The SMILES string of the molecule is Cc1ccc(F)c(NC(C)C(=O)NC(N)=O)c1. The first-order valence-electron chi connectivity index (χ1n) is 5.03. The Kier molecular flexibility index (Phi) is 4.03. The summed E-state index contributed by atoms with van der Waals surface area (Å²) in [4.78, 5) is 21.8. The van der Waals surface area contributed by atoms with E-state index in [2.05, 4.69) is 5.32 Å². The topological polar surface area (TPSA) is 84.2 Å². The molecule has 0 bridgehead atoms. The van der Waals surface area contributed by atoms with E-state index in [9.17, 15) is 14.0 Å². The van der Waals surface area contributed by atoms with E-state index in [1.54, 1.807) is 19.1 Å². The summed E-state index contributed by atoms with van der Waals surface area (Å²) in [7, 11) is 0. The van der Waals surface area contributed by atoms with Crippen molar-refractivity contribution in [1.82, 2.24) is 5.32 Å². The minimum absolute atomic E-state index is 0.206. The molecule has 3 amide bonds. The van der Waals surface area contributed by atoms with Crippen molar-refractivity contribution in [2.45, 2.75) is 19.9 Å². The van der Waals surface area contributed by atoms with Gasteiger partial charge in [0.25, 0.3) is 0 Å². The summed E-state index contributed by atoms with van der Waals surface area (Å²) in [5.41, 5.74) is 5.87. The van der Waals surface area contributed by atoms with Crippen molar-refractivity contribution in [3.63, 3.8) is 0 Å². The van der Waals surface area contributed by atoms with Gasteiger partial charge in [-0.2, -0.15) is 0 Å². The van der Waals surface area contributed by atoms with E-state index in [1.807, 2.05) is 5.32 Å². The zero-order chi connectivity index (χ0) is 13.0. The van der Waals surface area contributed by atoms with Crippen molar-refractivity contribution in [2.24, 2.45) is 5.73 Å². The number of aryl methyl sites for hydroxylation is 1. The van der Waals surface area contributed by atoms with Crippen LogP contribution in [0.1, 0.15) is 12.5 Å². The maximum absolute atomic E-state index is 13.4. The molecule has 0 heterocycles. The minimum atomic E-state index is -0.937. The van der Waals surface area contributed by atoms with Gasteiger partial charge in [0.15, 0.2) is 0 Å².